The van der Waals surface area contributed by atoms with Crippen molar-refractivity contribution in [2.75, 3.05) is 0 Å². The number of nitriles is 1. The zero-order chi connectivity index (χ0) is 13.1. The summed E-state index contributed by atoms with van der Waals surface area (Å²) in [7, 11) is 0. The van der Waals surface area contributed by atoms with Crippen molar-refractivity contribution in [3.05, 3.63) is 70.8 Å². The summed E-state index contributed by atoms with van der Waals surface area (Å²) in [6.07, 6.45) is -1.43. The zero-order valence-electron chi connectivity index (χ0n) is 9.27. The number of nitrogens with zero attached hydrogens (tertiary/aromatic N) is 1. The molecule has 2 aromatic carbocycles. The van der Waals surface area contributed by atoms with E-state index in [4.69, 9.17) is 5.26 Å². The Labute approximate surface area is 103 Å². The third-order valence-corrected chi connectivity index (χ3v) is 2.62. The van der Waals surface area contributed by atoms with Gasteiger partial charge in [0, 0.05) is 11.1 Å². The largest absolute Gasteiger partial charge is 0.383 e. The summed E-state index contributed by atoms with van der Waals surface area (Å²) in [5.41, 5.74) is 0.0763. The maximum Gasteiger partial charge on any atom is 0.129 e. The van der Waals surface area contributed by atoms with E-state index in [1.54, 1.807) is 6.07 Å². The molecule has 0 aliphatic heterocycles. The molecule has 0 aliphatic carbocycles. The third-order valence-electron chi connectivity index (χ3n) is 2.62. The number of aliphatic hydroxyl groups is 1. The zero-order valence-corrected chi connectivity index (χ0v) is 9.27. The SMILES string of the molecule is N#Cc1ccc(F)c(C(O)c2ccccc2F)c1. The first-order chi connectivity index (χ1) is 8.63. The summed E-state index contributed by atoms with van der Waals surface area (Å²) in [6.45, 7) is 0. The van der Waals surface area contributed by atoms with Crippen LogP contribution in [0.1, 0.15) is 22.8 Å². The van der Waals surface area contributed by atoms with Crippen molar-refractivity contribution < 1.29 is 13.9 Å². The monoisotopic (exact) mass is 245 g/mol. The predicted octanol–water partition coefficient (Wildman–Crippen LogP) is 2.92. The second-order valence-electron chi connectivity index (χ2n) is 3.77. The molecule has 0 heterocycles. The third kappa shape index (κ3) is 2.22. The lowest BCUT2D eigenvalue weighted by Crippen LogP contribution is -2.05. The first-order valence-corrected chi connectivity index (χ1v) is 5.25. The maximum absolute atomic E-state index is 13.6. The Kier molecular flexibility index (Phi) is 3.35. The van der Waals surface area contributed by atoms with Crippen LogP contribution in [0, 0.1) is 23.0 Å². The van der Waals surface area contributed by atoms with Gasteiger partial charge in [0.1, 0.15) is 17.7 Å². The summed E-state index contributed by atoms with van der Waals surface area (Å²) in [5.74, 6) is -1.29. The minimum absolute atomic E-state index is 0.0218. The van der Waals surface area contributed by atoms with Crippen molar-refractivity contribution in [2.45, 2.75) is 6.10 Å². The molecular formula is C14H9F2NO. The summed E-state index contributed by atoms with van der Waals surface area (Å²) >= 11 is 0. The van der Waals surface area contributed by atoms with Gasteiger partial charge in [0.15, 0.2) is 0 Å². The van der Waals surface area contributed by atoms with Gasteiger partial charge in [0.25, 0.3) is 0 Å². The van der Waals surface area contributed by atoms with Gasteiger partial charge in [0.05, 0.1) is 11.6 Å². The van der Waals surface area contributed by atoms with Gasteiger partial charge in [-0.1, -0.05) is 18.2 Å². The Hall–Kier alpha value is -2.25. The average molecular weight is 245 g/mol. The van der Waals surface area contributed by atoms with Crippen molar-refractivity contribution >= 4 is 0 Å². The van der Waals surface area contributed by atoms with E-state index in [-0.39, 0.29) is 16.7 Å². The van der Waals surface area contributed by atoms with E-state index < -0.39 is 17.7 Å². The van der Waals surface area contributed by atoms with Crippen LogP contribution >= 0.6 is 0 Å². The smallest absolute Gasteiger partial charge is 0.129 e. The van der Waals surface area contributed by atoms with Crippen LogP contribution in [-0.4, -0.2) is 5.11 Å². The predicted molar refractivity (Wildman–Crippen MR) is 61.6 cm³/mol. The molecule has 1 N–H and O–H groups in total. The van der Waals surface area contributed by atoms with Crippen LogP contribution in [-0.2, 0) is 0 Å². The second-order valence-corrected chi connectivity index (χ2v) is 3.77. The Morgan fingerprint density at radius 3 is 2.33 bits per heavy atom. The van der Waals surface area contributed by atoms with Crippen LogP contribution in [0.15, 0.2) is 42.5 Å². The average Bonchev–Trinajstić information content (AvgIpc) is 2.39. The van der Waals surface area contributed by atoms with Gasteiger partial charge in [-0.05, 0) is 24.3 Å². The molecular weight excluding hydrogens is 236 g/mol. The van der Waals surface area contributed by atoms with E-state index >= 15 is 0 Å². The fourth-order valence-electron chi connectivity index (χ4n) is 1.69. The molecule has 0 amide bonds. The molecule has 4 heteroatoms. The van der Waals surface area contributed by atoms with E-state index in [0.717, 1.165) is 6.07 Å². The molecule has 2 nitrogen and oxygen atoms in total. The molecule has 0 fully saturated rings. The van der Waals surface area contributed by atoms with Gasteiger partial charge in [-0.3, -0.25) is 0 Å². The molecule has 0 bridgehead atoms. The highest BCUT2D eigenvalue weighted by Gasteiger charge is 2.18. The number of halogens is 2. The van der Waals surface area contributed by atoms with Crippen LogP contribution in [0.25, 0.3) is 0 Å². The molecule has 0 saturated heterocycles. The molecule has 0 aromatic heterocycles. The Morgan fingerprint density at radius 2 is 1.67 bits per heavy atom. The summed E-state index contributed by atoms with van der Waals surface area (Å²) in [5, 5.41) is 18.7. The van der Waals surface area contributed by atoms with Crippen LogP contribution in [0.4, 0.5) is 8.78 Å². The highest BCUT2D eigenvalue weighted by molar-refractivity contribution is 5.38. The van der Waals surface area contributed by atoms with Crippen LogP contribution in [0.5, 0.6) is 0 Å². The molecule has 0 aliphatic rings. The van der Waals surface area contributed by atoms with Gasteiger partial charge >= 0.3 is 0 Å². The molecule has 0 saturated carbocycles. The highest BCUT2D eigenvalue weighted by atomic mass is 19.1. The van der Waals surface area contributed by atoms with Crippen molar-refractivity contribution in [2.24, 2.45) is 0 Å². The van der Waals surface area contributed by atoms with Gasteiger partial charge < -0.3 is 5.11 Å². The lowest BCUT2D eigenvalue weighted by Gasteiger charge is -2.13. The molecule has 2 aromatic rings. The quantitative estimate of drug-likeness (QED) is 0.884. The first-order valence-electron chi connectivity index (χ1n) is 5.25. The number of benzene rings is 2. The minimum atomic E-state index is -1.43. The van der Waals surface area contributed by atoms with Crippen molar-refractivity contribution in [3.63, 3.8) is 0 Å². The molecule has 0 spiro atoms. The first kappa shape index (κ1) is 12.2. The molecule has 0 radical (unpaired) electrons. The van der Waals surface area contributed by atoms with Gasteiger partial charge in [-0.15, -0.1) is 0 Å². The molecule has 1 atom stereocenters. The lowest BCUT2D eigenvalue weighted by atomic mass is 9.99. The van der Waals surface area contributed by atoms with Crippen LogP contribution < -0.4 is 0 Å². The number of rotatable bonds is 2. The van der Waals surface area contributed by atoms with E-state index in [0.29, 0.717) is 0 Å². The summed E-state index contributed by atoms with van der Waals surface area (Å²) in [4.78, 5) is 0. The van der Waals surface area contributed by atoms with Crippen LogP contribution in [0.3, 0.4) is 0 Å². The minimum Gasteiger partial charge on any atom is -0.383 e. The Bertz CT molecular complexity index is 619. The molecule has 2 rings (SSSR count). The standard InChI is InChI=1S/C14H9F2NO/c15-12-4-2-1-3-10(12)14(18)11-7-9(8-17)5-6-13(11)16/h1-7,14,18H. The van der Waals surface area contributed by atoms with Crippen molar-refractivity contribution in [1.82, 2.24) is 0 Å². The van der Waals surface area contributed by atoms with Crippen molar-refractivity contribution in [3.8, 4) is 6.07 Å². The molecule has 90 valence electrons. The van der Waals surface area contributed by atoms with Gasteiger partial charge in [-0.2, -0.15) is 5.26 Å². The van der Waals surface area contributed by atoms with Gasteiger partial charge in [0.2, 0.25) is 0 Å². The molecule has 18 heavy (non-hydrogen) atoms. The fourth-order valence-corrected chi connectivity index (χ4v) is 1.69. The maximum atomic E-state index is 13.6. The summed E-state index contributed by atoms with van der Waals surface area (Å²) < 4.78 is 27.1. The number of hydrogen-bond acceptors (Lipinski definition) is 2. The topological polar surface area (TPSA) is 44.0 Å². The van der Waals surface area contributed by atoms with E-state index in [9.17, 15) is 13.9 Å². The van der Waals surface area contributed by atoms with Gasteiger partial charge in [-0.25, -0.2) is 8.78 Å². The summed E-state index contributed by atoms with van der Waals surface area (Å²) in [6, 6.07) is 11.0. The second kappa shape index (κ2) is 4.94. The number of hydrogen-bond donors (Lipinski definition) is 1. The fraction of sp³-hybridized carbons (Fsp3) is 0.0714. The van der Waals surface area contributed by atoms with E-state index in [2.05, 4.69) is 0 Å². The van der Waals surface area contributed by atoms with Crippen LogP contribution in [0.2, 0.25) is 0 Å². The molecule has 1 unspecified atom stereocenters. The van der Waals surface area contributed by atoms with E-state index in [1.807, 2.05) is 6.07 Å². The Morgan fingerprint density at radius 1 is 1.00 bits per heavy atom. The van der Waals surface area contributed by atoms with E-state index in [1.165, 1.54) is 30.3 Å². The highest BCUT2D eigenvalue weighted by Crippen LogP contribution is 2.26. The normalized spacial score (nSPS) is 11.9. The Balaban J connectivity index is 2.49. The van der Waals surface area contributed by atoms with Crippen molar-refractivity contribution in [1.29, 1.82) is 5.26 Å². The number of aliphatic hydroxyl groups excluding tert-OH is 1. The lowest BCUT2D eigenvalue weighted by molar-refractivity contribution is 0.209.